The first kappa shape index (κ1) is 14.8. The van der Waals surface area contributed by atoms with Gasteiger partial charge in [-0.3, -0.25) is 4.79 Å². The van der Waals surface area contributed by atoms with Crippen LogP contribution in [-0.2, 0) is 17.8 Å². The second-order valence-corrected chi connectivity index (χ2v) is 5.69. The Morgan fingerprint density at radius 3 is 2.80 bits per heavy atom. The van der Waals surface area contributed by atoms with E-state index in [1.807, 2.05) is 31.2 Å². The van der Waals surface area contributed by atoms with E-state index in [2.05, 4.69) is 29.0 Å². The zero-order valence-electron chi connectivity index (χ0n) is 11.9. The van der Waals surface area contributed by atoms with Gasteiger partial charge < -0.3 is 10.6 Å². The number of aryl methyl sites for hydroxylation is 2. The van der Waals surface area contributed by atoms with Crippen molar-refractivity contribution in [2.24, 2.45) is 0 Å². The Morgan fingerprint density at radius 1 is 1.25 bits per heavy atom. The summed E-state index contributed by atoms with van der Waals surface area (Å²) in [5.74, 6) is -0.00564. The monoisotopic (exact) mass is 288 g/mol. The maximum atomic E-state index is 11.9. The second-order valence-electron chi connectivity index (χ2n) is 4.69. The first-order valence-corrected chi connectivity index (χ1v) is 7.70. The number of carbonyl (C=O) groups is 1. The maximum Gasteiger partial charge on any atom is 0.238 e. The average Bonchev–Trinajstić information content (AvgIpc) is 2.89. The topological polar surface area (TPSA) is 41.1 Å². The maximum absolute atomic E-state index is 11.9. The lowest BCUT2D eigenvalue weighted by molar-refractivity contribution is -0.115. The first-order chi connectivity index (χ1) is 9.70. The number of para-hydroxylation sites is 1. The molecule has 2 rings (SSSR count). The summed E-state index contributed by atoms with van der Waals surface area (Å²) < 4.78 is 0. The molecule has 1 heterocycles. The molecule has 0 aliphatic carbocycles. The number of hydrogen-bond donors (Lipinski definition) is 2. The van der Waals surface area contributed by atoms with Crippen molar-refractivity contribution in [1.82, 2.24) is 5.32 Å². The second kappa shape index (κ2) is 7.22. The summed E-state index contributed by atoms with van der Waals surface area (Å²) in [6.07, 6.45) is 1.04. The third-order valence-corrected chi connectivity index (χ3v) is 4.17. The lowest BCUT2D eigenvalue weighted by Crippen LogP contribution is -2.27. The highest BCUT2D eigenvalue weighted by Gasteiger charge is 2.05. The molecular formula is C16H20N2OS. The van der Waals surface area contributed by atoms with Crippen LogP contribution in [0.1, 0.15) is 22.9 Å². The van der Waals surface area contributed by atoms with Gasteiger partial charge in [-0.25, -0.2) is 0 Å². The molecule has 0 fully saturated rings. The van der Waals surface area contributed by atoms with Crippen molar-refractivity contribution in [3.63, 3.8) is 0 Å². The Hall–Kier alpha value is -1.65. The molecule has 0 saturated carbocycles. The van der Waals surface area contributed by atoms with Gasteiger partial charge in [0.1, 0.15) is 0 Å². The molecule has 0 aliphatic rings. The highest BCUT2D eigenvalue weighted by Crippen LogP contribution is 2.17. The van der Waals surface area contributed by atoms with Gasteiger partial charge in [-0.1, -0.05) is 25.1 Å². The third-order valence-electron chi connectivity index (χ3n) is 3.21. The average molecular weight is 288 g/mol. The van der Waals surface area contributed by atoms with Crippen molar-refractivity contribution in [2.45, 2.75) is 26.8 Å². The third kappa shape index (κ3) is 3.92. The summed E-state index contributed by atoms with van der Waals surface area (Å²) in [6, 6.07) is 9.94. The molecule has 0 spiro atoms. The SMILES string of the molecule is CCc1ccsc1CNCC(=O)Nc1ccccc1C. The van der Waals surface area contributed by atoms with Crippen LogP contribution >= 0.6 is 11.3 Å². The van der Waals surface area contributed by atoms with Crippen molar-refractivity contribution in [1.29, 1.82) is 0 Å². The molecule has 0 radical (unpaired) electrons. The lowest BCUT2D eigenvalue weighted by Gasteiger charge is -2.09. The van der Waals surface area contributed by atoms with E-state index in [1.165, 1.54) is 10.4 Å². The predicted octanol–water partition coefficient (Wildman–Crippen LogP) is 3.35. The molecule has 106 valence electrons. The predicted molar refractivity (Wildman–Crippen MR) is 85.2 cm³/mol. The standard InChI is InChI=1S/C16H20N2OS/c1-3-13-8-9-20-15(13)10-17-11-16(19)18-14-7-5-4-6-12(14)2/h4-9,17H,3,10-11H2,1-2H3,(H,18,19). The van der Waals surface area contributed by atoms with Gasteiger partial charge >= 0.3 is 0 Å². The lowest BCUT2D eigenvalue weighted by atomic mass is 10.2. The molecule has 2 aromatic rings. The van der Waals surface area contributed by atoms with Gasteiger partial charge in [0.15, 0.2) is 0 Å². The minimum Gasteiger partial charge on any atom is -0.325 e. The van der Waals surface area contributed by atoms with Crippen LogP contribution in [0.3, 0.4) is 0 Å². The van der Waals surface area contributed by atoms with Crippen LogP contribution in [0.25, 0.3) is 0 Å². The summed E-state index contributed by atoms with van der Waals surface area (Å²) >= 11 is 1.74. The van der Waals surface area contributed by atoms with Gasteiger partial charge in [0.25, 0.3) is 0 Å². The van der Waals surface area contributed by atoms with Crippen LogP contribution in [0.5, 0.6) is 0 Å². The van der Waals surface area contributed by atoms with Crippen molar-refractivity contribution in [3.05, 3.63) is 51.7 Å². The number of benzene rings is 1. The number of nitrogens with one attached hydrogen (secondary N) is 2. The van der Waals surface area contributed by atoms with Crippen LogP contribution in [0.4, 0.5) is 5.69 Å². The van der Waals surface area contributed by atoms with Crippen molar-refractivity contribution >= 4 is 22.9 Å². The Kier molecular flexibility index (Phi) is 5.32. The quantitative estimate of drug-likeness (QED) is 0.856. The van der Waals surface area contributed by atoms with Gasteiger partial charge in [-0.15, -0.1) is 11.3 Å². The Morgan fingerprint density at radius 2 is 2.05 bits per heavy atom. The summed E-state index contributed by atoms with van der Waals surface area (Å²) in [5.41, 5.74) is 3.32. The van der Waals surface area contributed by atoms with E-state index in [1.54, 1.807) is 11.3 Å². The van der Waals surface area contributed by atoms with Crippen LogP contribution in [-0.4, -0.2) is 12.5 Å². The minimum atomic E-state index is -0.00564. The molecule has 0 bridgehead atoms. The highest BCUT2D eigenvalue weighted by atomic mass is 32.1. The Balaban J connectivity index is 1.80. The van der Waals surface area contributed by atoms with Gasteiger partial charge in [-0.2, -0.15) is 0 Å². The van der Waals surface area contributed by atoms with Crippen LogP contribution in [0, 0.1) is 6.92 Å². The van der Waals surface area contributed by atoms with E-state index in [-0.39, 0.29) is 5.91 Å². The molecule has 0 saturated heterocycles. The zero-order valence-corrected chi connectivity index (χ0v) is 12.7. The number of hydrogen-bond acceptors (Lipinski definition) is 3. The number of thiophene rings is 1. The van der Waals surface area contributed by atoms with E-state index in [0.717, 1.165) is 24.2 Å². The molecule has 1 aromatic heterocycles. The fourth-order valence-electron chi connectivity index (χ4n) is 2.03. The molecule has 0 unspecified atom stereocenters. The number of anilines is 1. The largest absolute Gasteiger partial charge is 0.325 e. The Labute approximate surface area is 124 Å². The fraction of sp³-hybridized carbons (Fsp3) is 0.312. The number of carbonyl (C=O) groups excluding carboxylic acids is 1. The molecule has 2 N–H and O–H groups in total. The van der Waals surface area contributed by atoms with Crippen LogP contribution < -0.4 is 10.6 Å². The van der Waals surface area contributed by atoms with Crippen molar-refractivity contribution < 1.29 is 4.79 Å². The summed E-state index contributed by atoms with van der Waals surface area (Å²) in [6.45, 7) is 5.22. The normalized spacial score (nSPS) is 10.5. The summed E-state index contributed by atoms with van der Waals surface area (Å²) in [5, 5.41) is 8.22. The molecule has 3 nitrogen and oxygen atoms in total. The molecule has 0 atom stereocenters. The summed E-state index contributed by atoms with van der Waals surface area (Å²) in [7, 11) is 0. The smallest absolute Gasteiger partial charge is 0.238 e. The minimum absolute atomic E-state index is 0.00564. The van der Waals surface area contributed by atoms with E-state index in [4.69, 9.17) is 0 Å². The van der Waals surface area contributed by atoms with Gasteiger partial charge in [0.2, 0.25) is 5.91 Å². The molecular weight excluding hydrogens is 268 g/mol. The fourth-order valence-corrected chi connectivity index (χ4v) is 2.98. The van der Waals surface area contributed by atoms with E-state index in [0.29, 0.717) is 6.54 Å². The van der Waals surface area contributed by atoms with E-state index < -0.39 is 0 Å². The zero-order chi connectivity index (χ0) is 14.4. The van der Waals surface area contributed by atoms with E-state index >= 15 is 0 Å². The van der Waals surface area contributed by atoms with Gasteiger partial charge in [0.05, 0.1) is 6.54 Å². The van der Waals surface area contributed by atoms with Crippen LogP contribution in [0.15, 0.2) is 35.7 Å². The van der Waals surface area contributed by atoms with Crippen LogP contribution in [0.2, 0.25) is 0 Å². The molecule has 1 aromatic carbocycles. The van der Waals surface area contributed by atoms with E-state index in [9.17, 15) is 4.79 Å². The summed E-state index contributed by atoms with van der Waals surface area (Å²) in [4.78, 5) is 13.2. The molecule has 4 heteroatoms. The molecule has 0 aliphatic heterocycles. The molecule has 1 amide bonds. The molecule has 20 heavy (non-hydrogen) atoms. The first-order valence-electron chi connectivity index (χ1n) is 6.82. The van der Waals surface area contributed by atoms with Gasteiger partial charge in [0, 0.05) is 17.1 Å². The Bertz CT molecular complexity index is 577. The highest BCUT2D eigenvalue weighted by molar-refractivity contribution is 7.10. The van der Waals surface area contributed by atoms with Crippen molar-refractivity contribution in [2.75, 3.05) is 11.9 Å². The number of rotatable bonds is 6. The number of amides is 1. The van der Waals surface area contributed by atoms with Crippen molar-refractivity contribution in [3.8, 4) is 0 Å². The van der Waals surface area contributed by atoms with Gasteiger partial charge in [-0.05, 0) is 42.0 Å².